The van der Waals surface area contributed by atoms with Crippen molar-refractivity contribution in [3.05, 3.63) is 90.1 Å². The van der Waals surface area contributed by atoms with Crippen LogP contribution in [0.4, 0.5) is 16.3 Å². The SMILES string of the molecule is CC(C)(C)OC(=O)N(CCCCc1ccc(NC(CC(=O)O)c2ccccc2)cc1)c1ccccn1. The lowest BCUT2D eigenvalue weighted by Gasteiger charge is -2.26. The number of carboxylic acid groups (broad SMARTS) is 1. The van der Waals surface area contributed by atoms with E-state index in [9.17, 15) is 14.7 Å². The zero-order valence-electron chi connectivity index (χ0n) is 21.2. The van der Waals surface area contributed by atoms with Crippen LogP contribution in [0, 0.1) is 0 Å². The van der Waals surface area contributed by atoms with E-state index in [1.165, 1.54) is 5.56 Å². The first-order valence-corrected chi connectivity index (χ1v) is 12.2. The number of aryl methyl sites for hydroxylation is 1. The molecule has 190 valence electrons. The summed E-state index contributed by atoms with van der Waals surface area (Å²) in [4.78, 5) is 30.0. The topological polar surface area (TPSA) is 91.8 Å². The first kappa shape index (κ1) is 26.7. The molecule has 0 saturated heterocycles. The fourth-order valence-electron chi connectivity index (χ4n) is 3.81. The molecule has 1 atom stereocenters. The predicted molar refractivity (Wildman–Crippen MR) is 142 cm³/mol. The fraction of sp³-hybridized carbons (Fsp3) is 0.345. The Bertz CT molecular complexity index is 1100. The number of nitrogens with one attached hydrogen (secondary N) is 1. The summed E-state index contributed by atoms with van der Waals surface area (Å²) in [5.41, 5.74) is 2.41. The second kappa shape index (κ2) is 12.7. The van der Waals surface area contributed by atoms with Gasteiger partial charge in [0.05, 0.1) is 12.5 Å². The highest BCUT2D eigenvalue weighted by atomic mass is 16.6. The van der Waals surface area contributed by atoms with Crippen LogP contribution in [0.1, 0.15) is 57.2 Å². The van der Waals surface area contributed by atoms with Gasteiger partial charge in [0.15, 0.2) is 0 Å². The number of anilines is 2. The van der Waals surface area contributed by atoms with Crippen LogP contribution in [0.2, 0.25) is 0 Å². The molecule has 1 amide bonds. The summed E-state index contributed by atoms with van der Waals surface area (Å²) in [6.45, 7) is 6.07. The predicted octanol–water partition coefficient (Wildman–Crippen LogP) is 6.47. The highest BCUT2D eigenvalue weighted by Gasteiger charge is 2.23. The van der Waals surface area contributed by atoms with Crippen LogP contribution in [0.25, 0.3) is 0 Å². The Morgan fingerprint density at radius 1 is 0.972 bits per heavy atom. The first-order chi connectivity index (χ1) is 17.2. The average molecular weight is 490 g/mol. The molecule has 3 rings (SSSR count). The molecule has 0 aliphatic carbocycles. The highest BCUT2D eigenvalue weighted by Crippen LogP contribution is 2.23. The van der Waals surface area contributed by atoms with Gasteiger partial charge in [0, 0.05) is 18.4 Å². The van der Waals surface area contributed by atoms with E-state index >= 15 is 0 Å². The van der Waals surface area contributed by atoms with Crippen LogP contribution >= 0.6 is 0 Å². The van der Waals surface area contributed by atoms with Gasteiger partial charge in [-0.25, -0.2) is 9.78 Å². The number of benzene rings is 2. The minimum absolute atomic E-state index is 0.00379. The Morgan fingerprint density at radius 2 is 1.67 bits per heavy atom. The van der Waals surface area contributed by atoms with Crippen molar-refractivity contribution in [3.8, 4) is 0 Å². The van der Waals surface area contributed by atoms with Crippen LogP contribution in [-0.4, -0.2) is 34.3 Å². The van der Waals surface area contributed by atoms with Gasteiger partial charge >= 0.3 is 12.1 Å². The van der Waals surface area contributed by atoms with Gasteiger partial charge in [-0.3, -0.25) is 9.69 Å². The lowest BCUT2D eigenvalue weighted by atomic mass is 10.0. The van der Waals surface area contributed by atoms with Gasteiger partial charge in [-0.15, -0.1) is 0 Å². The van der Waals surface area contributed by atoms with Gasteiger partial charge in [-0.2, -0.15) is 0 Å². The minimum atomic E-state index is -0.848. The Hall–Kier alpha value is -3.87. The monoisotopic (exact) mass is 489 g/mol. The van der Waals surface area contributed by atoms with Crippen molar-refractivity contribution in [2.75, 3.05) is 16.8 Å². The van der Waals surface area contributed by atoms with Gasteiger partial charge in [-0.1, -0.05) is 48.5 Å². The van der Waals surface area contributed by atoms with E-state index in [0.29, 0.717) is 12.4 Å². The van der Waals surface area contributed by atoms with E-state index in [1.54, 1.807) is 11.1 Å². The van der Waals surface area contributed by atoms with Crippen LogP contribution < -0.4 is 10.2 Å². The lowest BCUT2D eigenvalue weighted by molar-refractivity contribution is -0.137. The molecule has 3 aromatic rings. The molecule has 2 N–H and O–H groups in total. The molecule has 0 radical (unpaired) electrons. The summed E-state index contributed by atoms with van der Waals surface area (Å²) in [7, 11) is 0. The van der Waals surface area contributed by atoms with E-state index in [4.69, 9.17) is 4.74 Å². The number of hydrogen-bond acceptors (Lipinski definition) is 5. The number of unbranched alkanes of at least 4 members (excludes halogenated alkanes) is 1. The molecule has 0 spiro atoms. The lowest BCUT2D eigenvalue weighted by Crippen LogP contribution is -2.38. The van der Waals surface area contributed by atoms with Crippen molar-refractivity contribution in [2.24, 2.45) is 0 Å². The number of aliphatic carboxylic acids is 1. The number of carboxylic acids is 1. The number of amides is 1. The molecule has 0 aliphatic rings. The molecule has 7 nitrogen and oxygen atoms in total. The summed E-state index contributed by atoms with van der Waals surface area (Å²) < 4.78 is 5.57. The summed E-state index contributed by atoms with van der Waals surface area (Å²) in [5, 5.41) is 12.7. The van der Waals surface area contributed by atoms with Crippen molar-refractivity contribution < 1.29 is 19.4 Å². The average Bonchev–Trinajstić information content (AvgIpc) is 2.84. The molecular weight excluding hydrogens is 454 g/mol. The van der Waals surface area contributed by atoms with E-state index in [1.807, 2.05) is 81.4 Å². The third kappa shape index (κ3) is 8.73. The van der Waals surface area contributed by atoms with Crippen molar-refractivity contribution in [3.63, 3.8) is 0 Å². The number of ether oxygens (including phenoxy) is 1. The third-order valence-electron chi connectivity index (χ3n) is 5.51. The largest absolute Gasteiger partial charge is 0.481 e. The van der Waals surface area contributed by atoms with E-state index in [0.717, 1.165) is 30.5 Å². The Labute approximate surface area is 213 Å². The molecular formula is C29H35N3O4. The van der Waals surface area contributed by atoms with Crippen LogP contribution in [-0.2, 0) is 16.0 Å². The molecule has 0 bridgehead atoms. The summed E-state index contributed by atoms with van der Waals surface area (Å²) in [6, 6.07) is 22.8. The standard InChI is InChI=1S/C29H35N3O4/c1-29(2,3)36-28(35)32(26-14-7-9-19-30-26)20-10-8-11-22-15-17-24(18-16-22)31-25(21-27(33)34)23-12-5-4-6-13-23/h4-7,9,12-19,25,31H,8,10-11,20-21H2,1-3H3,(H,33,34). The van der Waals surface area contributed by atoms with Crippen molar-refractivity contribution in [2.45, 2.75) is 58.1 Å². The summed E-state index contributed by atoms with van der Waals surface area (Å²) in [5.74, 6) is -0.268. The molecule has 1 aromatic heterocycles. The second-order valence-corrected chi connectivity index (χ2v) is 9.68. The second-order valence-electron chi connectivity index (χ2n) is 9.68. The molecule has 36 heavy (non-hydrogen) atoms. The van der Waals surface area contributed by atoms with Crippen LogP contribution in [0.5, 0.6) is 0 Å². The zero-order chi connectivity index (χ0) is 26.0. The molecule has 0 aliphatic heterocycles. The van der Waals surface area contributed by atoms with E-state index < -0.39 is 17.7 Å². The number of pyridine rings is 1. The minimum Gasteiger partial charge on any atom is -0.481 e. The molecule has 0 fully saturated rings. The van der Waals surface area contributed by atoms with Gasteiger partial charge in [0.1, 0.15) is 11.4 Å². The number of aromatic nitrogens is 1. The number of nitrogens with zero attached hydrogens (tertiary/aromatic N) is 2. The van der Waals surface area contributed by atoms with Crippen molar-refractivity contribution in [1.82, 2.24) is 4.98 Å². The summed E-state index contributed by atoms with van der Waals surface area (Å²) in [6.07, 6.45) is 3.82. The quantitative estimate of drug-likeness (QED) is 0.300. The highest BCUT2D eigenvalue weighted by molar-refractivity contribution is 5.86. The zero-order valence-corrected chi connectivity index (χ0v) is 21.2. The van der Waals surface area contributed by atoms with Crippen LogP contribution in [0.3, 0.4) is 0 Å². The van der Waals surface area contributed by atoms with Gasteiger partial charge < -0.3 is 15.2 Å². The Kier molecular flexibility index (Phi) is 9.45. The number of hydrogen-bond donors (Lipinski definition) is 2. The normalized spacial score (nSPS) is 12.0. The van der Waals surface area contributed by atoms with Crippen molar-refractivity contribution in [1.29, 1.82) is 0 Å². The van der Waals surface area contributed by atoms with Crippen molar-refractivity contribution >= 4 is 23.6 Å². The van der Waals surface area contributed by atoms with E-state index in [-0.39, 0.29) is 12.5 Å². The van der Waals surface area contributed by atoms with E-state index in [2.05, 4.69) is 22.4 Å². The third-order valence-corrected chi connectivity index (χ3v) is 5.51. The van der Waals surface area contributed by atoms with Crippen LogP contribution in [0.15, 0.2) is 79.0 Å². The molecule has 1 unspecified atom stereocenters. The molecule has 2 aromatic carbocycles. The maximum absolute atomic E-state index is 12.7. The molecule has 0 saturated carbocycles. The van der Waals surface area contributed by atoms with Gasteiger partial charge in [0.2, 0.25) is 0 Å². The number of carbonyl (C=O) groups excluding carboxylic acids is 1. The van der Waals surface area contributed by atoms with Gasteiger partial charge in [-0.05, 0) is 75.4 Å². The molecule has 1 heterocycles. The number of rotatable bonds is 11. The Balaban J connectivity index is 1.55. The maximum Gasteiger partial charge on any atom is 0.416 e. The van der Waals surface area contributed by atoms with Gasteiger partial charge in [0.25, 0.3) is 0 Å². The Morgan fingerprint density at radius 3 is 2.28 bits per heavy atom. The maximum atomic E-state index is 12.7. The fourth-order valence-corrected chi connectivity index (χ4v) is 3.81. The summed E-state index contributed by atoms with van der Waals surface area (Å²) >= 11 is 0. The number of carbonyl (C=O) groups is 2. The molecule has 7 heteroatoms. The smallest absolute Gasteiger partial charge is 0.416 e. The first-order valence-electron chi connectivity index (χ1n) is 12.2.